The summed E-state index contributed by atoms with van der Waals surface area (Å²) >= 11 is 0. The van der Waals surface area contributed by atoms with Crippen LogP contribution in [-0.2, 0) is 16.0 Å². The van der Waals surface area contributed by atoms with Gasteiger partial charge in [0.15, 0.2) is 0 Å². The van der Waals surface area contributed by atoms with Crippen molar-refractivity contribution in [2.24, 2.45) is 0 Å². The summed E-state index contributed by atoms with van der Waals surface area (Å²) in [6, 6.07) is 20.7. The number of carbonyl (C=O) groups is 2. The zero-order valence-corrected chi connectivity index (χ0v) is 16.3. The van der Waals surface area contributed by atoms with Crippen molar-refractivity contribution in [3.63, 3.8) is 0 Å². The normalized spacial score (nSPS) is 17.0. The molecule has 5 nitrogen and oxygen atoms in total. The van der Waals surface area contributed by atoms with Crippen LogP contribution < -0.4 is 5.32 Å². The van der Waals surface area contributed by atoms with Crippen LogP contribution in [0.5, 0.6) is 0 Å². The summed E-state index contributed by atoms with van der Waals surface area (Å²) in [7, 11) is 0. The van der Waals surface area contributed by atoms with Crippen molar-refractivity contribution >= 4 is 11.9 Å². The average Bonchev–Trinajstić information content (AvgIpc) is 3.10. The second-order valence-electron chi connectivity index (χ2n) is 7.71. The van der Waals surface area contributed by atoms with Crippen LogP contribution in [-0.4, -0.2) is 30.2 Å². The van der Waals surface area contributed by atoms with Gasteiger partial charge in [0, 0.05) is 12.5 Å². The topological polar surface area (TPSA) is 75.6 Å². The molecule has 2 N–H and O–H groups in total. The van der Waals surface area contributed by atoms with Gasteiger partial charge in [-0.05, 0) is 51.9 Å². The lowest BCUT2D eigenvalue weighted by atomic mass is 9.92. The van der Waals surface area contributed by atoms with Crippen molar-refractivity contribution in [1.29, 1.82) is 0 Å². The third-order valence-corrected chi connectivity index (χ3v) is 6.04. The van der Waals surface area contributed by atoms with Crippen molar-refractivity contribution in [3.8, 4) is 11.1 Å². The summed E-state index contributed by atoms with van der Waals surface area (Å²) in [5.41, 5.74) is 6.54. The van der Waals surface area contributed by atoms with E-state index in [-0.39, 0.29) is 24.1 Å². The molecule has 150 valence electrons. The zero-order valence-electron chi connectivity index (χ0n) is 16.3. The fraction of sp³-hybridized carbons (Fsp3) is 0.200. The maximum atomic E-state index is 13.0. The van der Waals surface area contributed by atoms with E-state index in [2.05, 4.69) is 29.6 Å². The van der Waals surface area contributed by atoms with Crippen molar-refractivity contribution < 1.29 is 19.4 Å². The van der Waals surface area contributed by atoms with Crippen LogP contribution in [0.25, 0.3) is 11.1 Å². The first kappa shape index (κ1) is 18.6. The number of benzene rings is 3. The molecule has 0 amide bonds. The minimum absolute atomic E-state index is 0.00485. The minimum Gasteiger partial charge on any atom is -0.478 e. The van der Waals surface area contributed by atoms with Gasteiger partial charge in [-0.3, -0.25) is 0 Å². The first-order valence-corrected chi connectivity index (χ1v) is 10.1. The molecule has 0 radical (unpaired) electrons. The lowest BCUT2D eigenvalue weighted by Crippen LogP contribution is -2.36. The van der Waals surface area contributed by atoms with E-state index in [1.165, 1.54) is 11.1 Å². The van der Waals surface area contributed by atoms with Crippen LogP contribution in [0.3, 0.4) is 0 Å². The van der Waals surface area contributed by atoms with Crippen molar-refractivity contribution in [2.45, 2.75) is 18.4 Å². The van der Waals surface area contributed by atoms with Gasteiger partial charge in [-0.25, -0.2) is 9.59 Å². The molecule has 0 aromatic heterocycles. The number of esters is 1. The SMILES string of the molecule is O=C(O)c1ccc2c(c1)[C@@H](C(=O)OCC1c3ccccc3-c3ccccc31)NCC2. The van der Waals surface area contributed by atoms with Gasteiger partial charge in [0.2, 0.25) is 0 Å². The molecule has 30 heavy (non-hydrogen) atoms. The quantitative estimate of drug-likeness (QED) is 0.650. The van der Waals surface area contributed by atoms with E-state index < -0.39 is 12.0 Å². The molecule has 3 aromatic carbocycles. The van der Waals surface area contributed by atoms with Crippen molar-refractivity contribution in [2.75, 3.05) is 13.2 Å². The Kier molecular flexibility index (Phi) is 4.60. The summed E-state index contributed by atoms with van der Waals surface area (Å²) in [5.74, 6) is -1.38. The van der Waals surface area contributed by atoms with E-state index in [1.807, 2.05) is 24.3 Å². The fourth-order valence-electron chi connectivity index (χ4n) is 4.58. The first-order valence-electron chi connectivity index (χ1n) is 10.1. The number of hydrogen-bond donors (Lipinski definition) is 2. The predicted octanol–water partition coefficient (Wildman–Crippen LogP) is 3.93. The smallest absolute Gasteiger partial charge is 0.335 e. The molecule has 5 heteroatoms. The third kappa shape index (κ3) is 3.08. The summed E-state index contributed by atoms with van der Waals surface area (Å²) in [6.07, 6.45) is 0.752. The molecule has 1 aliphatic carbocycles. The highest BCUT2D eigenvalue weighted by Crippen LogP contribution is 2.44. The molecular weight excluding hydrogens is 378 g/mol. The van der Waals surface area contributed by atoms with Crippen LogP contribution in [0.15, 0.2) is 66.7 Å². The van der Waals surface area contributed by atoms with E-state index in [9.17, 15) is 14.7 Å². The molecule has 0 fully saturated rings. The maximum absolute atomic E-state index is 13.0. The molecule has 3 aromatic rings. The monoisotopic (exact) mass is 399 g/mol. The Labute approximate surface area is 174 Å². The standard InChI is InChI=1S/C25H21NO4/c27-24(28)16-10-9-15-11-12-26-23(21(15)13-16)25(29)30-14-22-19-7-3-1-5-17(19)18-6-2-4-8-20(18)22/h1-10,13,22-23,26H,11-12,14H2,(H,27,28)/t23-/m0/s1. The van der Waals surface area contributed by atoms with Crippen LogP contribution in [0, 0.1) is 0 Å². The number of rotatable bonds is 4. The van der Waals surface area contributed by atoms with Gasteiger partial charge in [0.1, 0.15) is 12.6 Å². The number of carboxylic acid groups (broad SMARTS) is 1. The summed E-state index contributed by atoms with van der Waals surface area (Å²) in [5, 5.41) is 12.5. The Balaban J connectivity index is 1.39. The summed E-state index contributed by atoms with van der Waals surface area (Å²) < 4.78 is 5.79. The lowest BCUT2D eigenvalue weighted by Gasteiger charge is -2.26. The van der Waals surface area contributed by atoms with Crippen LogP contribution >= 0.6 is 0 Å². The number of carbonyl (C=O) groups excluding carboxylic acids is 1. The van der Waals surface area contributed by atoms with E-state index in [4.69, 9.17) is 4.74 Å². The minimum atomic E-state index is -1.00. The summed E-state index contributed by atoms with van der Waals surface area (Å²) in [6.45, 7) is 0.896. The number of ether oxygens (including phenoxy) is 1. The molecule has 0 unspecified atom stereocenters. The fourth-order valence-corrected chi connectivity index (χ4v) is 4.58. The number of hydrogen-bond acceptors (Lipinski definition) is 4. The lowest BCUT2D eigenvalue weighted by molar-refractivity contribution is -0.146. The Morgan fingerprint density at radius 3 is 2.27 bits per heavy atom. The molecule has 5 rings (SSSR count). The van der Waals surface area contributed by atoms with Gasteiger partial charge in [0.05, 0.1) is 5.56 Å². The van der Waals surface area contributed by atoms with Crippen LogP contribution in [0.4, 0.5) is 0 Å². The van der Waals surface area contributed by atoms with E-state index in [0.29, 0.717) is 12.1 Å². The Morgan fingerprint density at radius 2 is 1.60 bits per heavy atom. The van der Waals surface area contributed by atoms with E-state index >= 15 is 0 Å². The molecule has 0 saturated carbocycles. The Bertz CT molecular complexity index is 1110. The highest BCUT2D eigenvalue weighted by Gasteiger charge is 2.32. The molecule has 1 aliphatic heterocycles. The number of nitrogens with one attached hydrogen (secondary N) is 1. The molecular formula is C25H21NO4. The van der Waals surface area contributed by atoms with Gasteiger partial charge in [-0.2, -0.15) is 0 Å². The van der Waals surface area contributed by atoms with E-state index in [1.54, 1.807) is 18.2 Å². The predicted molar refractivity (Wildman–Crippen MR) is 113 cm³/mol. The molecule has 1 atom stereocenters. The third-order valence-electron chi connectivity index (χ3n) is 6.04. The average molecular weight is 399 g/mol. The van der Waals surface area contributed by atoms with Gasteiger partial charge in [-0.15, -0.1) is 0 Å². The molecule has 0 bridgehead atoms. The molecule has 2 aliphatic rings. The molecule has 1 heterocycles. The van der Waals surface area contributed by atoms with Gasteiger partial charge in [0.25, 0.3) is 0 Å². The van der Waals surface area contributed by atoms with Gasteiger partial charge >= 0.3 is 11.9 Å². The maximum Gasteiger partial charge on any atom is 0.335 e. The molecule has 0 spiro atoms. The first-order chi connectivity index (χ1) is 14.6. The Morgan fingerprint density at radius 1 is 0.933 bits per heavy atom. The summed E-state index contributed by atoms with van der Waals surface area (Å²) in [4.78, 5) is 24.4. The second-order valence-corrected chi connectivity index (χ2v) is 7.71. The van der Waals surface area contributed by atoms with Gasteiger partial charge < -0.3 is 15.2 Å². The van der Waals surface area contributed by atoms with Crippen LogP contribution in [0.1, 0.15) is 44.6 Å². The van der Waals surface area contributed by atoms with Crippen molar-refractivity contribution in [3.05, 3.63) is 94.5 Å². The number of carboxylic acids is 1. The molecule has 0 saturated heterocycles. The Hall–Kier alpha value is -3.44. The van der Waals surface area contributed by atoms with E-state index in [0.717, 1.165) is 23.1 Å². The highest BCUT2D eigenvalue weighted by atomic mass is 16.5. The van der Waals surface area contributed by atoms with Gasteiger partial charge in [-0.1, -0.05) is 54.6 Å². The second kappa shape index (κ2) is 7.43. The number of fused-ring (bicyclic) bond motifs is 4. The largest absolute Gasteiger partial charge is 0.478 e. The van der Waals surface area contributed by atoms with Crippen LogP contribution in [0.2, 0.25) is 0 Å². The zero-order chi connectivity index (χ0) is 20.7. The number of aromatic carboxylic acids is 1. The highest BCUT2D eigenvalue weighted by molar-refractivity contribution is 5.89. The van der Waals surface area contributed by atoms with Crippen molar-refractivity contribution in [1.82, 2.24) is 5.32 Å².